The number of piperidine rings is 1. The lowest BCUT2D eigenvalue weighted by molar-refractivity contribution is 0.0384. The van der Waals surface area contributed by atoms with Crippen LogP contribution in [-0.2, 0) is 0 Å². The van der Waals surface area contributed by atoms with Gasteiger partial charge in [-0.05, 0) is 46.1 Å². The first kappa shape index (κ1) is 14.0. The number of likely N-dealkylation sites (tertiary alicyclic amines) is 1. The van der Waals surface area contributed by atoms with E-state index in [0.717, 1.165) is 36.5 Å². The van der Waals surface area contributed by atoms with Gasteiger partial charge in [-0.1, -0.05) is 0 Å². The predicted molar refractivity (Wildman–Crippen MR) is 88.2 cm³/mol. The Morgan fingerprint density at radius 1 is 1.09 bits per heavy atom. The lowest BCUT2D eigenvalue weighted by Gasteiger charge is -2.53. The van der Waals surface area contributed by atoms with Crippen molar-refractivity contribution in [3.05, 3.63) is 18.6 Å². The predicted octanol–water partition coefficient (Wildman–Crippen LogP) is 1.17. The molecule has 0 atom stereocenters. The molecular formula is C16H24N6. The molecule has 2 fully saturated rings. The van der Waals surface area contributed by atoms with Gasteiger partial charge < -0.3 is 14.8 Å². The molecule has 2 aliphatic rings. The number of hydrogen-bond donors (Lipinski definition) is 1. The van der Waals surface area contributed by atoms with Gasteiger partial charge in [-0.25, -0.2) is 9.97 Å². The van der Waals surface area contributed by atoms with Crippen LogP contribution < -0.4 is 4.90 Å². The number of likely N-dealkylation sites (N-methyl/N-ethyl adjacent to an activating group) is 1. The quantitative estimate of drug-likeness (QED) is 0.857. The van der Waals surface area contributed by atoms with E-state index >= 15 is 0 Å². The number of anilines is 1. The Morgan fingerprint density at radius 2 is 1.91 bits per heavy atom. The molecule has 0 unspecified atom stereocenters. The molecule has 0 aromatic carbocycles. The Kier molecular flexibility index (Phi) is 3.31. The molecule has 0 bridgehead atoms. The molecular weight excluding hydrogens is 276 g/mol. The molecule has 6 heteroatoms. The van der Waals surface area contributed by atoms with Gasteiger partial charge in [-0.15, -0.1) is 0 Å². The van der Waals surface area contributed by atoms with Crippen LogP contribution >= 0.6 is 0 Å². The van der Waals surface area contributed by atoms with E-state index in [-0.39, 0.29) is 5.54 Å². The molecule has 1 N–H and O–H groups in total. The largest absolute Gasteiger partial charge is 0.357 e. The summed E-state index contributed by atoms with van der Waals surface area (Å²) < 4.78 is 0. The first-order valence-corrected chi connectivity index (χ1v) is 8.11. The van der Waals surface area contributed by atoms with E-state index in [1.165, 1.54) is 25.9 Å². The van der Waals surface area contributed by atoms with Crippen LogP contribution in [0.3, 0.4) is 0 Å². The monoisotopic (exact) mass is 300 g/mol. The minimum Gasteiger partial charge on any atom is -0.357 e. The highest BCUT2D eigenvalue weighted by Crippen LogP contribution is 2.34. The van der Waals surface area contributed by atoms with Crippen LogP contribution in [-0.4, -0.2) is 77.1 Å². The van der Waals surface area contributed by atoms with Gasteiger partial charge >= 0.3 is 0 Å². The maximum absolute atomic E-state index is 4.58. The zero-order chi connectivity index (χ0) is 15.2. The van der Waals surface area contributed by atoms with E-state index in [0.29, 0.717) is 0 Å². The summed E-state index contributed by atoms with van der Waals surface area (Å²) in [5.41, 5.74) is 2.35. The number of fused-ring (bicyclic) bond motifs is 1. The maximum Gasteiger partial charge on any atom is 0.156 e. The van der Waals surface area contributed by atoms with E-state index < -0.39 is 0 Å². The van der Waals surface area contributed by atoms with Crippen molar-refractivity contribution in [3.8, 4) is 0 Å². The first-order valence-electron chi connectivity index (χ1n) is 8.11. The molecule has 22 heavy (non-hydrogen) atoms. The SMILES string of the molecule is CN1CCC2(CC1)CN(c1ncnc3cc[nH]c13)CCN2C. The van der Waals surface area contributed by atoms with Crippen molar-refractivity contribution < 1.29 is 0 Å². The normalized spacial score (nSPS) is 23.5. The van der Waals surface area contributed by atoms with E-state index in [4.69, 9.17) is 0 Å². The van der Waals surface area contributed by atoms with Crippen LogP contribution in [0.4, 0.5) is 5.82 Å². The number of hydrogen-bond acceptors (Lipinski definition) is 5. The van der Waals surface area contributed by atoms with Gasteiger partial charge in [-0.3, -0.25) is 4.90 Å². The molecule has 0 radical (unpaired) electrons. The molecule has 2 saturated heterocycles. The van der Waals surface area contributed by atoms with Crippen LogP contribution in [0.25, 0.3) is 11.0 Å². The molecule has 0 amide bonds. The van der Waals surface area contributed by atoms with E-state index in [9.17, 15) is 0 Å². The fraction of sp³-hybridized carbons (Fsp3) is 0.625. The third-order valence-corrected chi connectivity index (χ3v) is 5.54. The van der Waals surface area contributed by atoms with Gasteiger partial charge in [0.15, 0.2) is 5.82 Å². The van der Waals surface area contributed by atoms with E-state index in [2.05, 4.69) is 43.7 Å². The zero-order valence-corrected chi connectivity index (χ0v) is 13.4. The van der Waals surface area contributed by atoms with Crippen molar-refractivity contribution in [1.82, 2.24) is 24.8 Å². The zero-order valence-electron chi connectivity index (χ0n) is 13.4. The fourth-order valence-electron chi connectivity index (χ4n) is 3.92. The van der Waals surface area contributed by atoms with Crippen molar-refractivity contribution in [3.63, 3.8) is 0 Å². The lowest BCUT2D eigenvalue weighted by Crippen LogP contribution is -2.64. The summed E-state index contributed by atoms with van der Waals surface area (Å²) in [5, 5.41) is 0. The summed E-state index contributed by atoms with van der Waals surface area (Å²) in [4.78, 5) is 19.7. The van der Waals surface area contributed by atoms with Gasteiger partial charge in [0.1, 0.15) is 11.8 Å². The highest BCUT2D eigenvalue weighted by molar-refractivity contribution is 5.85. The van der Waals surface area contributed by atoms with Crippen LogP contribution in [0, 0.1) is 0 Å². The highest BCUT2D eigenvalue weighted by atomic mass is 15.3. The van der Waals surface area contributed by atoms with Gasteiger partial charge in [0.25, 0.3) is 0 Å². The Labute approximate surface area is 131 Å². The molecule has 2 aromatic rings. The molecule has 118 valence electrons. The van der Waals surface area contributed by atoms with Crippen molar-refractivity contribution >= 4 is 16.9 Å². The third kappa shape index (κ3) is 2.18. The topological polar surface area (TPSA) is 51.3 Å². The molecule has 4 rings (SSSR count). The molecule has 0 aliphatic carbocycles. The standard InChI is InChI=1S/C16H24N6/c1-20-7-4-16(5-8-20)11-22(10-9-21(16)2)15-14-13(3-6-17-14)18-12-19-15/h3,6,12,17H,4-5,7-11H2,1-2H3. The number of H-pyrrole nitrogens is 1. The van der Waals surface area contributed by atoms with Crippen LogP contribution in [0.15, 0.2) is 18.6 Å². The lowest BCUT2D eigenvalue weighted by atomic mass is 9.84. The van der Waals surface area contributed by atoms with Crippen LogP contribution in [0.5, 0.6) is 0 Å². The van der Waals surface area contributed by atoms with Crippen molar-refractivity contribution in [1.29, 1.82) is 0 Å². The van der Waals surface area contributed by atoms with Gasteiger partial charge in [0.2, 0.25) is 0 Å². The van der Waals surface area contributed by atoms with E-state index in [1.807, 2.05) is 12.3 Å². The molecule has 2 aliphatic heterocycles. The van der Waals surface area contributed by atoms with Crippen molar-refractivity contribution in [2.45, 2.75) is 18.4 Å². The second-order valence-electron chi connectivity index (χ2n) is 6.81. The van der Waals surface area contributed by atoms with Crippen molar-refractivity contribution in [2.75, 3.05) is 51.7 Å². The summed E-state index contributed by atoms with van der Waals surface area (Å²) in [5.74, 6) is 1.06. The minimum atomic E-state index is 0.286. The molecule has 0 saturated carbocycles. The van der Waals surface area contributed by atoms with Crippen LogP contribution in [0.1, 0.15) is 12.8 Å². The average Bonchev–Trinajstić information content (AvgIpc) is 3.01. The summed E-state index contributed by atoms with van der Waals surface area (Å²) in [6.45, 7) is 5.54. The summed E-state index contributed by atoms with van der Waals surface area (Å²) in [6, 6.07) is 2.02. The number of rotatable bonds is 1. The van der Waals surface area contributed by atoms with Crippen molar-refractivity contribution in [2.24, 2.45) is 0 Å². The smallest absolute Gasteiger partial charge is 0.156 e. The molecule has 1 spiro atoms. The number of nitrogens with zero attached hydrogens (tertiary/aromatic N) is 5. The Hall–Kier alpha value is -1.66. The Balaban J connectivity index is 1.65. The fourth-order valence-corrected chi connectivity index (χ4v) is 3.92. The molecule has 2 aromatic heterocycles. The molecule has 4 heterocycles. The van der Waals surface area contributed by atoms with Gasteiger partial charge in [0, 0.05) is 31.4 Å². The number of nitrogens with one attached hydrogen (secondary N) is 1. The van der Waals surface area contributed by atoms with Gasteiger partial charge in [0.05, 0.1) is 5.52 Å². The average molecular weight is 300 g/mol. The Bertz CT molecular complexity index is 657. The number of piperazine rings is 1. The Morgan fingerprint density at radius 3 is 2.73 bits per heavy atom. The second-order valence-corrected chi connectivity index (χ2v) is 6.81. The van der Waals surface area contributed by atoms with Crippen LogP contribution in [0.2, 0.25) is 0 Å². The third-order valence-electron chi connectivity index (χ3n) is 5.54. The second kappa shape index (κ2) is 5.21. The summed E-state index contributed by atoms with van der Waals surface area (Å²) >= 11 is 0. The summed E-state index contributed by atoms with van der Waals surface area (Å²) in [6.07, 6.45) is 6.10. The molecule has 6 nitrogen and oxygen atoms in total. The number of aromatic amines is 1. The minimum absolute atomic E-state index is 0.286. The van der Waals surface area contributed by atoms with E-state index in [1.54, 1.807) is 6.33 Å². The number of aromatic nitrogens is 3. The van der Waals surface area contributed by atoms with Gasteiger partial charge in [-0.2, -0.15) is 0 Å². The maximum atomic E-state index is 4.58. The first-order chi connectivity index (χ1) is 10.7. The highest BCUT2D eigenvalue weighted by Gasteiger charge is 2.42. The summed E-state index contributed by atoms with van der Waals surface area (Å²) in [7, 11) is 4.51.